The first kappa shape index (κ1) is 19.4. The van der Waals surface area contributed by atoms with Crippen LogP contribution in [0.1, 0.15) is 24.5 Å². The summed E-state index contributed by atoms with van der Waals surface area (Å²) in [6, 6.07) is 18.0. The fourth-order valence-corrected chi connectivity index (χ4v) is 3.95. The summed E-state index contributed by atoms with van der Waals surface area (Å²) in [5, 5.41) is 5.10. The molecule has 0 aliphatic carbocycles. The van der Waals surface area contributed by atoms with Crippen molar-refractivity contribution in [2.24, 2.45) is 0 Å². The van der Waals surface area contributed by atoms with Crippen molar-refractivity contribution in [3.05, 3.63) is 87.3 Å². The van der Waals surface area contributed by atoms with Gasteiger partial charge in [0.05, 0.1) is 11.1 Å². The van der Waals surface area contributed by atoms with E-state index < -0.39 is 11.9 Å². The fourth-order valence-electron chi connectivity index (χ4n) is 3.83. The van der Waals surface area contributed by atoms with Gasteiger partial charge < -0.3 is 14.8 Å². The van der Waals surface area contributed by atoms with Crippen LogP contribution in [0, 0.1) is 0 Å². The molecule has 0 bridgehead atoms. The minimum atomic E-state index is -0.444. The van der Waals surface area contributed by atoms with E-state index in [4.69, 9.17) is 21.1 Å². The zero-order valence-corrected chi connectivity index (χ0v) is 17.5. The average molecular weight is 432 g/mol. The van der Waals surface area contributed by atoms with Gasteiger partial charge in [-0.25, -0.2) is 9.59 Å². The summed E-state index contributed by atoms with van der Waals surface area (Å²) in [6.07, 6.45) is 1.03. The van der Waals surface area contributed by atoms with E-state index in [1.807, 2.05) is 24.3 Å². The summed E-state index contributed by atoms with van der Waals surface area (Å²) in [5.74, 6) is -0.0463. The summed E-state index contributed by atoms with van der Waals surface area (Å²) >= 11 is 5.97. The number of carbonyl (C=O) groups is 2. The lowest BCUT2D eigenvalue weighted by Gasteiger charge is -2.06. The second kappa shape index (κ2) is 7.60. The van der Waals surface area contributed by atoms with E-state index in [2.05, 4.69) is 12.2 Å². The minimum Gasteiger partial charge on any atom is -0.422 e. The predicted molar refractivity (Wildman–Crippen MR) is 119 cm³/mol. The van der Waals surface area contributed by atoms with Gasteiger partial charge in [-0.2, -0.15) is 0 Å². The summed E-state index contributed by atoms with van der Waals surface area (Å²) < 4.78 is 11.1. The van der Waals surface area contributed by atoms with Crippen LogP contribution in [0.4, 0.5) is 5.69 Å². The Labute approximate surface area is 183 Å². The molecule has 2 aliphatic heterocycles. The number of halogens is 1. The zero-order valence-electron chi connectivity index (χ0n) is 16.7. The number of esters is 2. The molecule has 3 aromatic rings. The van der Waals surface area contributed by atoms with Gasteiger partial charge in [0.2, 0.25) is 0 Å². The molecule has 6 heteroatoms. The van der Waals surface area contributed by atoms with E-state index >= 15 is 0 Å². The molecule has 31 heavy (non-hydrogen) atoms. The lowest BCUT2D eigenvalue weighted by Crippen LogP contribution is -2.11. The van der Waals surface area contributed by atoms with E-state index in [1.165, 1.54) is 0 Å². The Kier molecular flexibility index (Phi) is 4.75. The fraction of sp³-hybridized carbons (Fsp3) is 0.120. The molecular weight excluding hydrogens is 414 g/mol. The number of carbonyl (C=O) groups excluding carboxylic acids is 2. The number of benzene rings is 3. The lowest BCUT2D eigenvalue weighted by molar-refractivity contribution is -0.128. The van der Waals surface area contributed by atoms with Crippen molar-refractivity contribution >= 4 is 40.4 Å². The molecule has 5 nitrogen and oxygen atoms in total. The maximum absolute atomic E-state index is 12.7. The average Bonchev–Trinajstić information content (AvgIpc) is 3.26. The van der Waals surface area contributed by atoms with Crippen molar-refractivity contribution in [3.8, 4) is 11.5 Å². The number of anilines is 1. The number of hydrogen-bond acceptors (Lipinski definition) is 5. The Morgan fingerprint density at radius 3 is 1.74 bits per heavy atom. The Morgan fingerprint density at radius 2 is 1.26 bits per heavy atom. The third-order valence-corrected chi connectivity index (χ3v) is 5.57. The first-order valence-electron chi connectivity index (χ1n) is 10.0. The van der Waals surface area contributed by atoms with Crippen LogP contribution in [0.15, 0.2) is 60.7 Å². The number of hydrogen-bond donors (Lipinski definition) is 1. The van der Waals surface area contributed by atoms with Crippen LogP contribution in [0.25, 0.3) is 11.1 Å². The van der Waals surface area contributed by atoms with Crippen LogP contribution in [0.3, 0.4) is 0 Å². The van der Waals surface area contributed by atoms with E-state index in [0.717, 1.165) is 24.2 Å². The largest absolute Gasteiger partial charge is 0.422 e. The summed E-state index contributed by atoms with van der Waals surface area (Å²) in [6.45, 7) is 2.98. The molecule has 0 radical (unpaired) electrons. The van der Waals surface area contributed by atoms with Gasteiger partial charge in [0.25, 0.3) is 0 Å². The van der Waals surface area contributed by atoms with Gasteiger partial charge >= 0.3 is 11.9 Å². The molecule has 0 saturated heterocycles. The standard InChI is InChI=1S/C25H18ClNO4/c1-2-11-27-17-9-5-15(6-10-17)23-19-13-20-18(12-21(19)31-25(23)29)22(24(28)30-20)14-3-7-16(26)8-4-14/h3-10,12-13,27H,2,11H2,1H3. The molecule has 0 amide bonds. The van der Waals surface area contributed by atoms with Gasteiger partial charge in [-0.15, -0.1) is 0 Å². The molecular formula is C25H18ClNO4. The smallest absolute Gasteiger partial charge is 0.344 e. The molecule has 0 spiro atoms. The van der Waals surface area contributed by atoms with Crippen molar-refractivity contribution in [2.45, 2.75) is 13.3 Å². The monoisotopic (exact) mass is 431 g/mol. The highest BCUT2D eigenvalue weighted by Crippen LogP contribution is 2.28. The number of fused-ring (bicyclic) bond motifs is 2. The van der Waals surface area contributed by atoms with Crippen LogP contribution >= 0.6 is 11.6 Å². The molecule has 0 unspecified atom stereocenters. The molecule has 2 aliphatic rings. The third-order valence-electron chi connectivity index (χ3n) is 5.32. The highest BCUT2D eigenvalue weighted by atomic mass is 35.5. The third kappa shape index (κ3) is 3.37. The molecule has 2 heterocycles. The normalized spacial score (nSPS) is 14.3. The number of nitrogens with one attached hydrogen (secondary N) is 1. The Morgan fingerprint density at radius 1 is 0.774 bits per heavy atom. The maximum Gasteiger partial charge on any atom is 0.344 e. The van der Waals surface area contributed by atoms with Crippen LogP contribution in [-0.4, -0.2) is 18.5 Å². The Bertz CT molecular complexity index is 1340. The van der Waals surface area contributed by atoms with Crippen LogP contribution in [-0.2, 0) is 9.59 Å². The van der Waals surface area contributed by atoms with Crippen LogP contribution < -0.4 is 25.2 Å². The molecule has 0 saturated carbocycles. The zero-order chi connectivity index (χ0) is 21.5. The summed E-state index contributed by atoms with van der Waals surface area (Å²) in [4.78, 5) is 25.2. The van der Waals surface area contributed by atoms with Gasteiger partial charge in [0.15, 0.2) is 0 Å². The second-order valence-corrected chi connectivity index (χ2v) is 7.82. The van der Waals surface area contributed by atoms with Gasteiger partial charge in [0.1, 0.15) is 11.5 Å². The quantitative estimate of drug-likeness (QED) is 0.495. The lowest BCUT2D eigenvalue weighted by atomic mass is 10.0. The number of rotatable bonds is 5. The predicted octanol–water partition coefficient (Wildman–Crippen LogP) is 3.40. The van der Waals surface area contributed by atoms with Crippen LogP contribution in [0.5, 0.6) is 11.5 Å². The van der Waals surface area contributed by atoms with Gasteiger partial charge in [-0.05, 0) is 53.9 Å². The van der Waals surface area contributed by atoms with E-state index in [1.54, 1.807) is 36.4 Å². The van der Waals surface area contributed by atoms with Crippen LogP contribution in [0.2, 0.25) is 5.02 Å². The summed E-state index contributed by atoms with van der Waals surface area (Å²) in [5.41, 5.74) is 3.30. The maximum atomic E-state index is 12.7. The first-order chi connectivity index (χ1) is 15.0. The van der Waals surface area contributed by atoms with Gasteiger partial charge in [-0.1, -0.05) is 42.8 Å². The Balaban J connectivity index is 1.64. The molecule has 154 valence electrons. The Hall–Kier alpha value is -3.57. The molecule has 0 atom stereocenters. The SMILES string of the molecule is CCCNc1ccc(C2=c3cc4c(cc3OC2=O)=C(c2ccc(Cl)cc2)C(=O)O4)cc1. The molecule has 1 N–H and O–H groups in total. The highest BCUT2D eigenvalue weighted by Gasteiger charge is 2.30. The first-order valence-corrected chi connectivity index (χ1v) is 10.4. The van der Waals surface area contributed by atoms with E-state index in [0.29, 0.717) is 43.7 Å². The minimum absolute atomic E-state index is 0.408. The topological polar surface area (TPSA) is 64.6 Å². The van der Waals surface area contributed by atoms with Crippen molar-refractivity contribution in [3.63, 3.8) is 0 Å². The van der Waals surface area contributed by atoms with Crippen molar-refractivity contribution in [1.29, 1.82) is 0 Å². The van der Waals surface area contributed by atoms with Crippen molar-refractivity contribution in [1.82, 2.24) is 0 Å². The molecule has 3 aromatic carbocycles. The van der Waals surface area contributed by atoms with Gasteiger partial charge in [0, 0.05) is 27.7 Å². The van der Waals surface area contributed by atoms with E-state index in [-0.39, 0.29) is 0 Å². The molecule has 0 aromatic heterocycles. The summed E-state index contributed by atoms with van der Waals surface area (Å²) in [7, 11) is 0. The second-order valence-electron chi connectivity index (χ2n) is 7.38. The highest BCUT2D eigenvalue weighted by molar-refractivity contribution is 6.30. The number of ether oxygens (including phenoxy) is 2. The molecule has 5 rings (SSSR count). The van der Waals surface area contributed by atoms with Crippen molar-refractivity contribution < 1.29 is 19.1 Å². The van der Waals surface area contributed by atoms with Gasteiger partial charge in [-0.3, -0.25) is 0 Å². The molecule has 0 fully saturated rings. The van der Waals surface area contributed by atoms with Crippen molar-refractivity contribution in [2.75, 3.05) is 11.9 Å². The van der Waals surface area contributed by atoms with E-state index in [9.17, 15) is 9.59 Å².